The molecule has 1 saturated carbocycles. The Morgan fingerprint density at radius 3 is 2.90 bits per heavy atom. The molecule has 1 aliphatic carbocycles. The van der Waals surface area contributed by atoms with Crippen LogP contribution in [-0.4, -0.2) is 64.8 Å². The number of nitrogens with zero attached hydrogens (tertiary/aromatic N) is 7. The molecular formula is C18H19ClN10O2. The van der Waals surface area contributed by atoms with Crippen LogP contribution in [0.1, 0.15) is 30.9 Å². The number of aromatic nitrogens is 7. The molecule has 0 aromatic carbocycles. The molecule has 0 radical (unpaired) electrons. The highest BCUT2D eigenvalue weighted by Crippen LogP contribution is 2.39. The third-order valence-electron chi connectivity index (χ3n) is 5.09. The summed E-state index contributed by atoms with van der Waals surface area (Å²) >= 11 is 6.12. The van der Waals surface area contributed by atoms with Crippen LogP contribution in [0.15, 0.2) is 24.7 Å². The van der Waals surface area contributed by atoms with Gasteiger partial charge in [-0.15, -0.1) is 0 Å². The van der Waals surface area contributed by atoms with Crippen molar-refractivity contribution in [1.82, 2.24) is 35.1 Å². The predicted molar refractivity (Wildman–Crippen MR) is 111 cm³/mol. The molecule has 3 aromatic heterocycles. The van der Waals surface area contributed by atoms with Gasteiger partial charge in [-0.3, -0.25) is 14.9 Å². The zero-order chi connectivity index (χ0) is 21.4. The first-order chi connectivity index (χ1) is 15.0. The summed E-state index contributed by atoms with van der Waals surface area (Å²) in [7, 11) is 0. The second kappa shape index (κ2) is 8.04. The Morgan fingerprint density at radius 2 is 2.13 bits per heavy atom. The van der Waals surface area contributed by atoms with Crippen LogP contribution in [0.4, 0.5) is 23.5 Å². The van der Waals surface area contributed by atoms with Crippen molar-refractivity contribution >= 4 is 41.0 Å². The zero-order valence-electron chi connectivity index (χ0n) is 16.2. The second-order valence-electron chi connectivity index (χ2n) is 7.47. The summed E-state index contributed by atoms with van der Waals surface area (Å²) in [5, 5.41) is 23.1. The molecule has 0 bridgehead atoms. The van der Waals surface area contributed by atoms with Gasteiger partial charge >= 0.3 is 0 Å². The van der Waals surface area contributed by atoms with Crippen LogP contribution in [0, 0.1) is 0 Å². The first-order valence-corrected chi connectivity index (χ1v) is 10.2. The number of H-pyrrole nitrogens is 1. The van der Waals surface area contributed by atoms with Gasteiger partial charge in [-0.05, 0) is 24.4 Å². The van der Waals surface area contributed by atoms with E-state index in [1.807, 2.05) is 6.07 Å². The summed E-state index contributed by atoms with van der Waals surface area (Å²) in [6, 6.07) is 1.20. The standard InChI is InChI=1S/C18H19ClN10O2/c19-16-24-17(23-13-6-11(27-28-13)9-1-2-9)26-18(25-16)29-8-10(30)5-12(29)15(31)22-14-7-20-3-4-21-14/h3-4,6-7,9-10,12,30H,1-2,5,8H2,(H,21,22,31)(H2,23,24,25,26,27,28)/t10-,12-/m0/s1. The maximum atomic E-state index is 12.8. The molecule has 1 amide bonds. The number of carbonyl (C=O) groups is 1. The van der Waals surface area contributed by atoms with Crippen molar-refractivity contribution in [3.05, 3.63) is 35.6 Å². The Bertz CT molecular complexity index is 1090. The molecule has 160 valence electrons. The van der Waals surface area contributed by atoms with E-state index in [1.54, 1.807) is 4.90 Å². The molecule has 13 heteroatoms. The fourth-order valence-electron chi connectivity index (χ4n) is 3.49. The van der Waals surface area contributed by atoms with E-state index in [-0.39, 0.29) is 36.1 Å². The molecule has 5 rings (SSSR count). The minimum atomic E-state index is -0.724. The minimum Gasteiger partial charge on any atom is -0.391 e. The van der Waals surface area contributed by atoms with Crippen molar-refractivity contribution in [2.75, 3.05) is 22.1 Å². The van der Waals surface area contributed by atoms with E-state index in [0.29, 0.717) is 17.6 Å². The normalized spacial score (nSPS) is 20.6. The Morgan fingerprint density at radius 1 is 1.26 bits per heavy atom. The molecule has 1 aliphatic heterocycles. The first kappa shape index (κ1) is 19.6. The molecule has 2 fully saturated rings. The molecular weight excluding hydrogens is 424 g/mol. The number of anilines is 4. The SMILES string of the molecule is O=C(Nc1cnccn1)[C@@H]1C[C@H](O)CN1c1nc(Cl)nc(Nc2cc(C3CC3)n[nH]2)n1. The molecule has 12 nitrogen and oxygen atoms in total. The average molecular weight is 443 g/mol. The van der Waals surface area contributed by atoms with E-state index in [1.165, 1.54) is 18.6 Å². The van der Waals surface area contributed by atoms with Gasteiger partial charge in [-0.2, -0.15) is 20.1 Å². The van der Waals surface area contributed by atoms with Crippen molar-refractivity contribution < 1.29 is 9.90 Å². The molecule has 0 unspecified atom stereocenters. The smallest absolute Gasteiger partial charge is 0.248 e. The lowest BCUT2D eigenvalue weighted by molar-refractivity contribution is -0.117. The number of nitrogens with one attached hydrogen (secondary N) is 3. The number of aliphatic hydroxyl groups excluding tert-OH is 1. The lowest BCUT2D eigenvalue weighted by Gasteiger charge is -2.23. The van der Waals surface area contributed by atoms with Gasteiger partial charge in [0.15, 0.2) is 5.82 Å². The van der Waals surface area contributed by atoms with Crippen LogP contribution in [-0.2, 0) is 4.79 Å². The summed E-state index contributed by atoms with van der Waals surface area (Å²) < 4.78 is 0. The van der Waals surface area contributed by atoms with Crippen LogP contribution in [0.3, 0.4) is 0 Å². The molecule has 4 N–H and O–H groups in total. The summed E-state index contributed by atoms with van der Waals surface area (Å²) in [4.78, 5) is 35.0. The highest BCUT2D eigenvalue weighted by molar-refractivity contribution is 6.28. The summed E-state index contributed by atoms with van der Waals surface area (Å²) in [6.45, 7) is 0.175. The molecule has 4 heterocycles. The maximum absolute atomic E-state index is 12.8. The number of carbonyl (C=O) groups excluding carboxylic acids is 1. The molecule has 2 atom stereocenters. The molecule has 0 spiro atoms. The van der Waals surface area contributed by atoms with E-state index in [2.05, 4.69) is 45.8 Å². The lowest BCUT2D eigenvalue weighted by atomic mass is 10.2. The van der Waals surface area contributed by atoms with Gasteiger partial charge in [0.25, 0.3) is 0 Å². The Balaban J connectivity index is 1.36. The number of rotatable bonds is 6. The highest BCUT2D eigenvalue weighted by Gasteiger charge is 2.38. The van der Waals surface area contributed by atoms with Crippen LogP contribution in [0.25, 0.3) is 0 Å². The van der Waals surface area contributed by atoms with Crippen molar-refractivity contribution in [3.8, 4) is 0 Å². The van der Waals surface area contributed by atoms with Crippen LogP contribution >= 0.6 is 11.6 Å². The van der Waals surface area contributed by atoms with Gasteiger partial charge in [0.05, 0.1) is 18.0 Å². The second-order valence-corrected chi connectivity index (χ2v) is 7.81. The van der Waals surface area contributed by atoms with E-state index in [0.717, 1.165) is 18.5 Å². The first-order valence-electron chi connectivity index (χ1n) is 9.80. The van der Waals surface area contributed by atoms with Gasteiger partial charge in [0.2, 0.25) is 23.1 Å². The van der Waals surface area contributed by atoms with E-state index >= 15 is 0 Å². The van der Waals surface area contributed by atoms with Gasteiger partial charge in [-0.1, -0.05) is 0 Å². The summed E-state index contributed by atoms with van der Waals surface area (Å²) in [5.74, 6) is 1.48. The molecule has 3 aromatic rings. The van der Waals surface area contributed by atoms with Gasteiger partial charge < -0.3 is 20.6 Å². The number of β-amino-alcohol motifs (C(OH)–C–C–N with tert-alkyl or cyclic N) is 1. The number of hydrogen-bond acceptors (Lipinski definition) is 10. The zero-order valence-corrected chi connectivity index (χ0v) is 17.0. The van der Waals surface area contributed by atoms with Gasteiger partial charge in [0.1, 0.15) is 11.9 Å². The van der Waals surface area contributed by atoms with Crippen molar-refractivity contribution in [2.45, 2.75) is 37.3 Å². The van der Waals surface area contributed by atoms with Crippen molar-refractivity contribution in [2.24, 2.45) is 0 Å². The highest BCUT2D eigenvalue weighted by atomic mass is 35.5. The van der Waals surface area contributed by atoms with Crippen LogP contribution in [0.2, 0.25) is 5.28 Å². The number of aromatic amines is 1. The number of halogens is 1. The third kappa shape index (κ3) is 4.39. The number of aliphatic hydroxyl groups is 1. The van der Waals surface area contributed by atoms with Crippen molar-refractivity contribution in [1.29, 1.82) is 0 Å². The Hall–Kier alpha value is -3.38. The average Bonchev–Trinajstić information content (AvgIpc) is 3.37. The topological polar surface area (TPSA) is 158 Å². The van der Waals surface area contributed by atoms with Crippen molar-refractivity contribution in [3.63, 3.8) is 0 Å². The number of amides is 1. The molecule has 31 heavy (non-hydrogen) atoms. The van der Waals surface area contributed by atoms with E-state index in [9.17, 15) is 9.90 Å². The largest absolute Gasteiger partial charge is 0.391 e. The quantitative estimate of drug-likeness (QED) is 0.437. The Kier molecular flexibility index (Phi) is 5.08. The molecule has 2 aliphatic rings. The van der Waals surface area contributed by atoms with E-state index in [4.69, 9.17) is 11.6 Å². The van der Waals surface area contributed by atoms with E-state index < -0.39 is 12.1 Å². The number of hydrogen-bond donors (Lipinski definition) is 4. The third-order valence-corrected chi connectivity index (χ3v) is 5.26. The van der Waals surface area contributed by atoms with Crippen LogP contribution < -0.4 is 15.5 Å². The minimum absolute atomic E-state index is 0.0381. The van der Waals surface area contributed by atoms with Crippen LogP contribution in [0.5, 0.6) is 0 Å². The van der Waals surface area contributed by atoms with Gasteiger partial charge in [0, 0.05) is 37.3 Å². The van der Waals surface area contributed by atoms with Gasteiger partial charge in [-0.25, -0.2) is 4.98 Å². The fourth-order valence-corrected chi connectivity index (χ4v) is 3.65. The maximum Gasteiger partial charge on any atom is 0.248 e. The monoisotopic (exact) mass is 442 g/mol. The Labute approximate surface area is 181 Å². The predicted octanol–water partition coefficient (Wildman–Crippen LogP) is 1.24. The summed E-state index contributed by atoms with van der Waals surface area (Å²) in [6.07, 6.45) is 6.20. The molecule has 1 saturated heterocycles. The lowest BCUT2D eigenvalue weighted by Crippen LogP contribution is -2.41. The fraction of sp³-hybridized carbons (Fsp3) is 0.389. The summed E-state index contributed by atoms with van der Waals surface area (Å²) in [5.41, 5.74) is 0.992.